The Balaban J connectivity index is 1.72. The molecular weight excluding hydrogens is 320 g/mol. The SMILES string of the molecule is COC(=O)CCC(=O)N[C@H]1CCCc2nc(-c3cccnc3)ncc21. The lowest BCUT2D eigenvalue weighted by atomic mass is 9.92. The topological polar surface area (TPSA) is 94.1 Å². The summed E-state index contributed by atoms with van der Waals surface area (Å²) in [4.78, 5) is 36.4. The van der Waals surface area contributed by atoms with E-state index in [0.29, 0.717) is 5.82 Å². The summed E-state index contributed by atoms with van der Waals surface area (Å²) in [6.45, 7) is 0. The summed E-state index contributed by atoms with van der Waals surface area (Å²) in [5, 5.41) is 2.97. The first-order valence-corrected chi connectivity index (χ1v) is 8.29. The van der Waals surface area contributed by atoms with Crippen molar-refractivity contribution in [1.82, 2.24) is 20.3 Å². The Morgan fingerprint density at radius 2 is 2.20 bits per heavy atom. The molecule has 1 atom stereocenters. The first-order valence-electron chi connectivity index (χ1n) is 8.29. The number of aromatic nitrogens is 3. The molecule has 0 aromatic carbocycles. The quantitative estimate of drug-likeness (QED) is 0.837. The molecule has 2 aromatic rings. The maximum absolute atomic E-state index is 12.1. The first kappa shape index (κ1) is 17.0. The van der Waals surface area contributed by atoms with Gasteiger partial charge in [0.05, 0.1) is 19.6 Å². The number of pyridine rings is 1. The van der Waals surface area contributed by atoms with E-state index in [1.54, 1.807) is 18.6 Å². The molecule has 1 N–H and O–H groups in total. The van der Waals surface area contributed by atoms with Crippen LogP contribution in [0.25, 0.3) is 11.4 Å². The van der Waals surface area contributed by atoms with E-state index in [4.69, 9.17) is 0 Å². The average Bonchev–Trinajstić information content (AvgIpc) is 2.66. The molecule has 2 heterocycles. The van der Waals surface area contributed by atoms with E-state index in [9.17, 15) is 9.59 Å². The number of hydrogen-bond donors (Lipinski definition) is 1. The molecule has 7 heteroatoms. The summed E-state index contributed by atoms with van der Waals surface area (Å²) in [7, 11) is 1.31. The van der Waals surface area contributed by atoms with Crippen LogP contribution in [0.3, 0.4) is 0 Å². The maximum Gasteiger partial charge on any atom is 0.306 e. The number of carbonyl (C=O) groups is 2. The number of nitrogens with one attached hydrogen (secondary N) is 1. The van der Waals surface area contributed by atoms with Gasteiger partial charge >= 0.3 is 5.97 Å². The third-order valence-corrected chi connectivity index (χ3v) is 4.22. The molecule has 1 aliphatic carbocycles. The minimum Gasteiger partial charge on any atom is -0.469 e. The lowest BCUT2D eigenvalue weighted by Crippen LogP contribution is -2.31. The van der Waals surface area contributed by atoms with Crippen LogP contribution >= 0.6 is 0 Å². The molecule has 1 aliphatic rings. The van der Waals surface area contributed by atoms with Gasteiger partial charge in [-0.25, -0.2) is 9.97 Å². The Hall–Kier alpha value is -2.83. The Morgan fingerprint density at radius 3 is 2.96 bits per heavy atom. The van der Waals surface area contributed by atoms with Crippen molar-refractivity contribution < 1.29 is 14.3 Å². The minimum absolute atomic E-state index is 0.0817. The summed E-state index contributed by atoms with van der Waals surface area (Å²) in [5.74, 6) is 0.0905. The van der Waals surface area contributed by atoms with Crippen molar-refractivity contribution in [3.63, 3.8) is 0 Å². The van der Waals surface area contributed by atoms with E-state index in [0.717, 1.165) is 36.1 Å². The highest BCUT2D eigenvalue weighted by molar-refractivity contribution is 5.81. The van der Waals surface area contributed by atoms with Crippen molar-refractivity contribution >= 4 is 11.9 Å². The predicted octanol–water partition coefficient (Wildman–Crippen LogP) is 1.99. The lowest BCUT2D eigenvalue weighted by Gasteiger charge is -2.25. The van der Waals surface area contributed by atoms with Crippen LogP contribution in [0.2, 0.25) is 0 Å². The van der Waals surface area contributed by atoms with Gasteiger partial charge in [-0.05, 0) is 31.4 Å². The van der Waals surface area contributed by atoms with Crippen LogP contribution in [0, 0.1) is 0 Å². The Bertz CT molecular complexity index is 764. The van der Waals surface area contributed by atoms with Crippen LogP contribution < -0.4 is 5.32 Å². The van der Waals surface area contributed by atoms with Crippen molar-refractivity contribution in [1.29, 1.82) is 0 Å². The highest BCUT2D eigenvalue weighted by Gasteiger charge is 2.24. The molecule has 0 fully saturated rings. The first-order chi connectivity index (χ1) is 12.2. The third kappa shape index (κ3) is 4.17. The van der Waals surface area contributed by atoms with E-state index in [-0.39, 0.29) is 30.8 Å². The molecule has 1 amide bonds. The molecule has 2 aromatic heterocycles. The van der Waals surface area contributed by atoms with Crippen molar-refractivity contribution in [3.8, 4) is 11.4 Å². The fraction of sp³-hybridized carbons (Fsp3) is 0.389. The zero-order valence-corrected chi connectivity index (χ0v) is 14.1. The molecule has 0 saturated carbocycles. The standard InChI is InChI=1S/C18H20N4O3/c1-25-17(24)8-7-16(23)21-14-5-2-6-15-13(14)11-20-18(22-15)12-4-3-9-19-10-12/h3-4,9-11,14H,2,5-8H2,1H3,(H,21,23)/t14-/m0/s1. The van der Waals surface area contributed by atoms with Gasteiger partial charge in [0, 0.05) is 41.8 Å². The van der Waals surface area contributed by atoms with E-state index >= 15 is 0 Å². The lowest BCUT2D eigenvalue weighted by molar-refractivity contribution is -0.142. The number of nitrogens with zero attached hydrogens (tertiary/aromatic N) is 3. The third-order valence-electron chi connectivity index (χ3n) is 4.22. The fourth-order valence-electron chi connectivity index (χ4n) is 2.92. The maximum atomic E-state index is 12.1. The number of methoxy groups -OCH3 is 1. The molecule has 25 heavy (non-hydrogen) atoms. The van der Waals surface area contributed by atoms with Gasteiger partial charge in [-0.1, -0.05) is 0 Å². The van der Waals surface area contributed by atoms with E-state index in [2.05, 4.69) is 25.0 Å². The van der Waals surface area contributed by atoms with Gasteiger partial charge in [0.2, 0.25) is 5.91 Å². The summed E-state index contributed by atoms with van der Waals surface area (Å²) < 4.78 is 4.56. The normalized spacial score (nSPS) is 16.0. The Morgan fingerprint density at radius 1 is 1.32 bits per heavy atom. The summed E-state index contributed by atoms with van der Waals surface area (Å²) in [6, 6.07) is 3.66. The van der Waals surface area contributed by atoms with E-state index in [1.165, 1.54) is 7.11 Å². The summed E-state index contributed by atoms with van der Waals surface area (Å²) in [6.07, 6.45) is 8.07. The number of hydrogen-bond acceptors (Lipinski definition) is 6. The van der Waals surface area contributed by atoms with Crippen LogP contribution in [-0.4, -0.2) is 33.9 Å². The molecule has 0 aliphatic heterocycles. The van der Waals surface area contributed by atoms with Crippen molar-refractivity contribution in [2.75, 3.05) is 7.11 Å². The fourth-order valence-corrected chi connectivity index (χ4v) is 2.92. The van der Waals surface area contributed by atoms with Gasteiger partial charge in [-0.2, -0.15) is 0 Å². The second kappa shape index (κ2) is 7.83. The average molecular weight is 340 g/mol. The number of aryl methyl sites for hydroxylation is 1. The highest BCUT2D eigenvalue weighted by atomic mass is 16.5. The van der Waals surface area contributed by atoms with Gasteiger partial charge in [0.1, 0.15) is 0 Å². The molecule has 130 valence electrons. The highest BCUT2D eigenvalue weighted by Crippen LogP contribution is 2.29. The van der Waals surface area contributed by atoms with Crippen molar-refractivity contribution in [3.05, 3.63) is 42.0 Å². The Kier molecular flexibility index (Phi) is 5.33. The van der Waals surface area contributed by atoms with Crippen LogP contribution in [0.4, 0.5) is 0 Å². The van der Waals surface area contributed by atoms with Crippen LogP contribution in [-0.2, 0) is 20.7 Å². The zero-order chi connectivity index (χ0) is 17.6. The number of ether oxygens (including phenoxy) is 1. The van der Waals surface area contributed by atoms with Gasteiger partial charge in [0.25, 0.3) is 0 Å². The largest absolute Gasteiger partial charge is 0.469 e. The molecular formula is C18H20N4O3. The number of rotatable bonds is 5. The second-order valence-electron chi connectivity index (χ2n) is 5.93. The van der Waals surface area contributed by atoms with E-state index in [1.807, 2.05) is 12.1 Å². The second-order valence-corrected chi connectivity index (χ2v) is 5.93. The van der Waals surface area contributed by atoms with Gasteiger partial charge < -0.3 is 10.1 Å². The summed E-state index contributed by atoms with van der Waals surface area (Å²) >= 11 is 0. The molecule has 0 bridgehead atoms. The van der Waals surface area contributed by atoms with Gasteiger partial charge in [0.15, 0.2) is 5.82 Å². The van der Waals surface area contributed by atoms with Gasteiger partial charge in [-0.15, -0.1) is 0 Å². The molecule has 0 spiro atoms. The van der Waals surface area contributed by atoms with Crippen LogP contribution in [0.5, 0.6) is 0 Å². The minimum atomic E-state index is -0.386. The zero-order valence-electron chi connectivity index (χ0n) is 14.1. The monoisotopic (exact) mass is 340 g/mol. The smallest absolute Gasteiger partial charge is 0.306 e. The predicted molar refractivity (Wildman–Crippen MR) is 90.3 cm³/mol. The number of esters is 1. The number of carbonyl (C=O) groups excluding carboxylic acids is 2. The van der Waals surface area contributed by atoms with Crippen LogP contribution in [0.15, 0.2) is 30.7 Å². The summed E-state index contributed by atoms with van der Waals surface area (Å²) in [5.41, 5.74) is 2.78. The van der Waals surface area contributed by atoms with Crippen molar-refractivity contribution in [2.45, 2.75) is 38.1 Å². The van der Waals surface area contributed by atoms with Crippen molar-refractivity contribution in [2.24, 2.45) is 0 Å². The molecule has 0 unspecified atom stereocenters. The molecule has 0 saturated heterocycles. The molecule has 0 radical (unpaired) electrons. The van der Waals surface area contributed by atoms with E-state index < -0.39 is 0 Å². The van der Waals surface area contributed by atoms with Crippen LogP contribution in [0.1, 0.15) is 43.0 Å². The Labute approximate surface area is 145 Å². The number of fused-ring (bicyclic) bond motifs is 1. The number of amides is 1. The molecule has 7 nitrogen and oxygen atoms in total. The molecule has 3 rings (SSSR count). The van der Waals surface area contributed by atoms with Gasteiger partial charge in [-0.3, -0.25) is 14.6 Å².